The van der Waals surface area contributed by atoms with E-state index in [0.717, 1.165) is 12.0 Å². The Balaban J connectivity index is 2.67. The van der Waals surface area contributed by atoms with Gasteiger partial charge in [0.2, 0.25) is 0 Å². The molecular formula is C15H20N2O3. The zero-order chi connectivity index (χ0) is 15.0. The van der Waals surface area contributed by atoms with E-state index in [1.54, 1.807) is 13.2 Å². The second kappa shape index (κ2) is 8.18. The predicted molar refractivity (Wildman–Crippen MR) is 75.7 cm³/mol. The van der Waals surface area contributed by atoms with E-state index in [2.05, 4.69) is 18.3 Å². The van der Waals surface area contributed by atoms with Gasteiger partial charge < -0.3 is 14.8 Å². The lowest BCUT2D eigenvalue weighted by atomic mass is 10.1. The van der Waals surface area contributed by atoms with E-state index in [-0.39, 0.29) is 12.0 Å². The quantitative estimate of drug-likeness (QED) is 0.469. The number of hydrogen-bond donors (Lipinski definition) is 1. The lowest BCUT2D eigenvalue weighted by Gasteiger charge is -2.14. The number of nitrogens with one attached hydrogen (secondary N) is 1. The van der Waals surface area contributed by atoms with Crippen LogP contribution in [0.15, 0.2) is 18.2 Å². The Bertz CT molecular complexity index is 494. The van der Waals surface area contributed by atoms with Gasteiger partial charge in [-0.1, -0.05) is 6.07 Å². The van der Waals surface area contributed by atoms with Crippen molar-refractivity contribution in [2.24, 2.45) is 0 Å². The number of carbonyl (C=O) groups is 1. The van der Waals surface area contributed by atoms with Gasteiger partial charge in [-0.2, -0.15) is 5.26 Å². The highest BCUT2D eigenvalue weighted by molar-refractivity contribution is 5.70. The summed E-state index contributed by atoms with van der Waals surface area (Å²) in [6.45, 7) is 4.10. The van der Waals surface area contributed by atoms with Crippen LogP contribution in [-0.2, 0) is 11.2 Å². The molecule has 1 aromatic rings. The molecule has 5 heteroatoms. The number of benzene rings is 1. The van der Waals surface area contributed by atoms with E-state index in [1.807, 2.05) is 12.1 Å². The molecule has 0 bridgehead atoms. The zero-order valence-electron chi connectivity index (χ0n) is 12.1. The summed E-state index contributed by atoms with van der Waals surface area (Å²) in [5.74, 6) is 0.596. The van der Waals surface area contributed by atoms with Crippen LogP contribution in [0.3, 0.4) is 0 Å². The lowest BCUT2D eigenvalue weighted by molar-refractivity contribution is -0.132. The van der Waals surface area contributed by atoms with Crippen molar-refractivity contribution in [3.05, 3.63) is 23.8 Å². The Morgan fingerprint density at radius 3 is 2.80 bits per heavy atom. The van der Waals surface area contributed by atoms with Crippen molar-refractivity contribution in [2.75, 3.05) is 13.7 Å². The van der Waals surface area contributed by atoms with Gasteiger partial charge in [0.05, 0.1) is 13.2 Å². The van der Waals surface area contributed by atoms with Crippen molar-refractivity contribution in [3.63, 3.8) is 0 Å². The van der Waals surface area contributed by atoms with Crippen LogP contribution < -0.4 is 14.8 Å². The van der Waals surface area contributed by atoms with Gasteiger partial charge in [0, 0.05) is 25.9 Å². The maximum Gasteiger partial charge on any atom is 0.308 e. The minimum atomic E-state index is -0.373. The van der Waals surface area contributed by atoms with Crippen LogP contribution in [0.1, 0.15) is 25.8 Å². The molecule has 1 N–H and O–H groups in total. The molecule has 0 fully saturated rings. The average Bonchev–Trinajstić information content (AvgIpc) is 2.40. The molecule has 1 rings (SSSR count). The van der Waals surface area contributed by atoms with Crippen LogP contribution in [-0.4, -0.2) is 25.7 Å². The molecule has 1 aromatic carbocycles. The molecule has 0 heterocycles. The fraction of sp³-hybridized carbons (Fsp3) is 0.467. The summed E-state index contributed by atoms with van der Waals surface area (Å²) in [4.78, 5) is 11.0. The minimum absolute atomic E-state index is 0.257. The van der Waals surface area contributed by atoms with Crippen LogP contribution in [0.2, 0.25) is 0 Å². The lowest BCUT2D eigenvalue weighted by Crippen LogP contribution is -2.28. The smallest absolute Gasteiger partial charge is 0.308 e. The van der Waals surface area contributed by atoms with E-state index in [9.17, 15) is 4.79 Å². The maximum atomic E-state index is 11.0. The molecule has 5 nitrogen and oxygen atoms in total. The number of nitriles is 1. The molecule has 0 aliphatic rings. The minimum Gasteiger partial charge on any atom is -0.493 e. The van der Waals surface area contributed by atoms with Gasteiger partial charge in [0.15, 0.2) is 11.5 Å². The Morgan fingerprint density at radius 2 is 2.20 bits per heavy atom. The second-order valence-corrected chi connectivity index (χ2v) is 4.55. The van der Waals surface area contributed by atoms with Gasteiger partial charge in [-0.05, 0) is 31.0 Å². The van der Waals surface area contributed by atoms with Gasteiger partial charge in [0.25, 0.3) is 0 Å². The Kier molecular flexibility index (Phi) is 6.54. The summed E-state index contributed by atoms with van der Waals surface area (Å²) >= 11 is 0. The third-order valence-corrected chi connectivity index (χ3v) is 2.75. The largest absolute Gasteiger partial charge is 0.493 e. The Morgan fingerprint density at radius 1 is 1.45 bits per heavy atom. The van der Waals surface area contributed by atoms with Crippen molar-refractivity contribution in [3.8, 4) is 17.6 Å². The third kappa shape index (κ3) is 5.29. The number of rotatable bonds is 7. The maximum absolute atomic E-state index is 11.0. The summed E-state index contributed by atoms with van der Waals surface area (Å²) in [6.07, 6.45) is 1.31. The van der Waals surface area contributed by atoms with E-state index < -0.39 is 0 Å². The molecule has 108 valence electrons. The van der Waals surface area contributed by atoms with Crippen molar-refractivity contribution >= 4 is 5.97 Å². The summed E-state index contributed by atoms with van der Waals surface area (Å²) < 4.78 is 10.3. The Hall–Kier alpha value is -2.06. The number of carbonyl (C=O) groups excluding carboxylic acids is 1. The van der Waals surface area contributed by atoms with E-state index in [4.69, 9.17) is 14.7 Å². The molecule has 0 radical (unpaired) electrons. The van der Waals surface area contributed by atoms with Crippen molar-refractivity contribution in [1.82, 2.24) is 5.32 Å². The van der Waals surface area contributed by atoms with Crippen molar-refractivity contribution in [1.29, 1.82) is 5.26 Å². The number of nitrogens with zero attached hydrogens (tertiary/aromatic N) is 1. The summed E-state index contributed by atoms with van der Waals surface area (Å²) in [7, 11) is 1.54. The van der Waals surface area contributed by atoms with Gasteiger partial charge >= 0.3 is 5.97 Å². The molecular weight excluding hydrogens is 256 g/mol. The highest BCUT2D eigenvalue weighted by Crippen LogP contribution is 2.28. The third-order valence-electron chi connectivity index (χ3n) is 2.75. The van der Waals surface area contributed by atoms with E-state index >= 15 is 0 Å². The SMILES string of the molecule is COc1cc(CC(C)NCCC#N)ccc1OC(C)=O. The first kappa shape index (κ1) is 16.0. The average molecular weight is 276 g/mol. The zero-order valence-corrected chi connectivity index (χ0v) is 12.1. The summed E-state index contributed by atoms with van der Waals surface area (Å²) in [6, 6.07) is 7.86. The van der Waals surface area contributed by atoms with Gasteiger partial charge in [-0.15, -0.1) is 0 Å². The monoisotopic (exact) mass is 276 g/mol. The number of methoxy groups -OCH3 is 1. The standard InChI is InChI=1S/C15H20N2O3/c1-11(17-8-4-7-16)9-13-5-6-14(20-12(2)18)15(10-13)19-3/h5-6,10-11,17H,4,8-9H2,1-3H3. The molecule has 1 unspecified atom stereocenters. The number of hydrogen-bond acceptors (Lipinski definition) is 5. The Labute approximate surface area is 119 Å². The predicted octanol–water partition coefficient (Wildman–Crippen LogP) is 2.05. The highest BCUT2D eigenvalue weighted by Gasteiger charge is 2.10. The topological polar surface area (TPSA) is 71.3 Å². The van der Waals surface area contributed by atoms with Crippen molar-refractivity contribution < 1.29 is 14.3 Å². The molecule has 0 aliphatic carbocycles. The van der Waals surface area contributed by atoms with E-state index in [0.29, 0.717) is 24.5 Å². The van der Waals surface area contributed by atoms with Crippen LogP contribution in [0.4, 0.5) is 0 Å². The molecule has 0 aliphatic heterocycles. The first-order valence-electron chi connectivity index (χ1n) is 6.52. The van der Waals surface area contributed by atoms with Gasteiger partial charge in [0.1, 0.15) is 0 Å². The molecule has 20 heavy (non-hydrogen) atoms. The number of ether oxygens (including phenoxy) is 2. The molecule has 0 amide bonds. The first-order valence-corrected chi connectivity index (χ1v) is 6.52. The molecule has 0 saturated carbocycles. The van der Waals surface area contributed by atoms with Crippen LogP contribution in [0, 0.1) is 11.3 Å². The first-order chi connectivity index (χ1) is 9.56. The van der Waals surface area contributed by atoms with E-state index in [1.165, 1.54) is 6.92 Å². The fourth-order valence-corrected chi connectivity index (χ4v) is 1.88. The summed E-state index contributed by atoms with van der Waals surface area (Å²) in [5, 5.41) is 11.8. The summed E-state index contributed by atoms with van der Waals surface area (Å²) in [5.41, 5.74) is 1.08. The fourth-order valence-electron chi connectivity index (χ4n) is 1.88. The second-order valence-electron chi connectivity index (χ2n) is 4.55. The normalized spacial score (nSPS) is 11.5. The van der Waals surface area contributed by atoms with Crippen LogP contribution in [0.25, 0.3) is 0 Å². The van der Waals surface area contributed by atoms with Crippen LogP contribution in [0.5, 0.6) is 11.5 Å². The number of esters is 1. The van der Waals surface area contributed by atoms with Crippen LogP contribution >= 0.6 is 0 Å². The molecule has 1 atom stereocenters. The van der Waals surface area contributed by atoms with Gasteiger partial charge in [-0.25, -0.2) is 0 Å². The molecule has 0 aromatic heterocycles. The van der Waals surface area contributed by atoms with Gasteiger partial charge in [-0.3, -0.25) is 4.79 Å². The van der Waals surface area contributed by atoms with Crippen molar-refractivity contribution in [2.45, 2.75) is 32.7 Å². The molecule has 0 spiro atoms. The molecule has 0 saturated heterocycles. The highest BCUT2D eigenvalue weighted by atomic mass is 16.6.